The molecule has 0 aliphatic rings. The first-order valence-electron chi connectivity index (χ1n) is 6.68. The minimum absolute atomic E-state index is 0.146. The number of nitrogens with zero attached hydrogens (tertiary/aromatic N) is 3. The highest BCUT2D eigenvalue weighted by molar-refractivity contribution is 5.92. The van der Waals surface area contributed by atoms with Crippen molar-refractivity contribution in [3.05, 3.63) is 47.8 Å². The van der Waals surface area contributed by atoms with E-state index in [9.17, 15) is 13.6 Å². The average Bonchev–Trinajstić information content (AvgIpc) is 3.02. The lowest BCUT2D eigenvalue weighted by atomic mass is 10.1. The fourth-order valence-corrected chi connectivity index (χ4v) is 2.12. The number of ether oxygens (including phenoxy) is 1. The molecule has 2 rings (SSSR count). The number of aromatic nitrogens is 2. The van der Waals surface area contributed by atoms with Crippen LogP contribution < -0.4 is 4.74 Å². The molecule has 1 aromatic heterocycles. The van der Waals surface area contributed by atoms with Gasteiger partial charge in [0.15, 0.2) is 0 Å². The summed E-state index contributed by atoms with van der Waals surface area (Å²) < 4.78 is 31.2. The summed E-state index contributed by atoms with van der Waals surface area (Å²) >= 11 is 0. The maximum Gasteiger partial charge on any atom is 0.333 e. The van der Waals surface area contributed by atoms with Crippen LogP contribution in [0.15, 0.2) is 36.5 Å². The Labute approximate surface area is 127 Å². The number of carbonyl (C=O) groups is 1. The Morgan fingerprint density at radius 1 is 1.36 bits per heavy atom. The van der Waals surface area contributed by atoms with Crippen LogP contribution in [-0.4, -0.2) is 34.7 Å². The van der Waals surface area contributed by atoms with Crippen molar-refractivity contribution in [2.45, 2.75) is 19.5 Å². The summed E-state index contributed by atoms with van der Waals surface area (Å²) in [6.07, 6.45) is 1.18. The van der Waals surface area contributed by atoms with Gasteiger partial charge in [0.1, 0.15) is 11.4 Å². The maximum absolute atomic E-state index is 12.8. The second-order valence-corrected chi connectivity index (χ2v) is 4.81. The smallest absolute Gasteiger partial charge is 0.333 e. The molecule has 0 radical (unpaired) electrons. The van der Waals surface area contributed by atoms with E-state index >= 15 is 0 Å². The third-order valence-corrected chi connectivity index (χ3v) is 3.55. The lowest BCUT2D eigenvalue weighted by Crippen LogP contribution is -2.31. The topological polar surface area (TPSA) is 47.4 Å². The van der Waals surface area contributed by atoms with Crippen molar-refractivity contribution >= 4 is 5.91 Å². The van der Waals surface area contributed by atoms with Crippen molar-refractivity contribution in [3.63, 3.8) is 0 Å². The molecule has 5 nitrogen and oxygen atoms in total. The van der Waals surface area contributed by atoms with E-state index in [1.807, 2.05) is 19.1 Å². The molecule has 0 bridgehead atoms. The molecular formula is C15H17F2N3O2. The number of carbonyl (C=O) groups excluding carboxylic acids is 1. The van der Waals surface area contributed by atoms with Crippen molar-refractivity contribution in [1.29, 1.82) is 0 Å². The predicted molar refractivity (Wildman–Crippen MR) is 77.0 cm³/mol. The van der Waals surface area contributed by atoms with Gasteiger partial charge < -0.3 is 9.64 Å². The van der Waals surface area contributed by atoms with Gasteiger partial charge in [-0.1, -0.05) is 12.1 Å². The van der Waals surface area contributed by atoms with Crippen LogP contribution in [-0.2, 0) is 0 Å². The molecule has 0 unspecified atom stereocenters. The van der Waals surface area contributed by atoms with Gasteiger partial charge in [0.05, 0.1) is 13.2 Å². The predicted octanol–water partition coefficient (Wildman–Crippen LogP) is 3.12. The van der Waals surface area contributed by atoms with Gasteiger partial charge in [-0.3, -0.25) is 4.79 Å². The molecule has 1 heterocycles. The van der Waals surface area contributed by atoms with Gasteiger partial charge in [-0.2, -0.15) is 18.6 Å². The first kappa shape index (κ1) is 15.9. The Balaban J connectivity index is 2.24. The number of benzene rings is 1. The zero-order chi connectivity index (χ0) is 16.3. The zero-order valence-electron chi connectivity index (χ0n) is 12.5. The normalized spacial score (nSPS) is 12.3. The summed E-state index contributed by atoms with van der Waals surface area (Å²) in [7, 11) is 3.12. The monoisotopic (exact) mass is 309 g/mol. The Hall–Kier alpha value is -2.44. The van der Waals surface area contributed by atoms with Crippen molar-refractivity contribution in [3.8, 4) is 5.75 Å². The zero-order valence-corrected chi connectivity index (χ0v) is 12.5. The molecular weight excluding hydrogens is 292 g/mol. The van der Waals surface area contributed by atoms with Crippen LogP contribution in [0.4, 0.5) is 8.78 Å². The summed E-state index contributed by atoms with van der Waals surface area (Å²) in [5, 5.41) is 3.48. The molecule has 1 atom stereocenters. The highest BCUT2D eigenvalue weighted by atomic mass is 19.3. The van der Waals surface area contributed by atoms with Gasteiger partial charge in [-0.05, 0) is 30.7 Å². The fraction of sp³-hybridized carbons (Fsp3) is 0.333. The first-order valence-corrected chi connectivity index (χ1v) is 6.68. The van der Waals surface area contributed by atoms with Crippen LogP contribution in [0.5, 0.6) is 5.75 Å². The number of hydrogen-bond donors (Lipinski definition) is 0. The Bertz CT molecular complexity index is 658. The van der Waals surface area contributed by atoms with E-state index in [0.717, 1.165) is 5.56 Å². The second-order valence-electron chi connectivity index (χ2n) is 4.81. The molecule has 7 heteroatoms. The van der Waals surface area contributed by atoms with Crippen LogP contribution >= 0.6 is 0 Å². The number of hydrogen-bond acceptors (Lipinski definition) is 3. The molecule has 0 aliphatic heterocycles. The molecule has 0 saturated carbocycles. The van der Waals surface area contributed by atoms with Crippen LogP contribution in [0.2, 0.25) is 0 Å². The van der Waals surface area contributed by atoms with E-state index in [1.54, 1.807) is 26.3 Å². The fourth-order valence-electron chi connectivity index (χ4n) is 2.12. The van der Waals surface area contributed by atoms with Gasteiger partial charge in [0, 0.05) is 13.2 Å². The van der Waals surface area contributed by atoms with Gasteiger partial charge >= 0.3 is 6.55 Å². The largest absolute Gasteiger partial charge is 0.497 e. The Morgan fingerprint density at radius 2 is 2.09 bits per heavy atom. The Morgan fingerprint density at radius 3 is 2.73 bits per heavy atom. The van der Waals surface area contributed by atoms with E-state index in [4.69, 9.17) is 4.74 Å². The molecule has 0 aliphatic carbocycles. The molecule has 22 heavy (non-hydrogen) atoms. The third kappa shape index (κ3) is 3.08. The molecule has 0 spiro atoms. The highest BCUT2D eigenvalue weighted by Gasteiger charge is 2.24. The summed E-state index contributed by atoms with van der Waals surface area (Å²) in [5.41, 5.74) is 0.700. The lowest BCUT2D eigenvalue weighted by molar-refractivity contribution is 0.0460. The van der Waals surface area contributed by atoms with Crippen LogP contribution in [0.3, 0.4) is 0 Å². The number of alkyl halides is 2. The van der Waals surface area contributed by atoms with Gasteiger partial charge in [-0.15, -0.1) is 0 Å². The first-order chi connectivity index (χ1) is 10.5. The molecule has 0 fully saturated rings. The van der Waals surface area contributed by atoms with E-state index in [2.05, 4.69) is 5.10 Å². The average molecular weight is 309 g/mol. The quantitative estimate of drug-likeness (QED) is 0.852. The molecule has 1 aromatic carbocycles. The third-order valence-electron chi connectivity index (χ3n) is 3.55. The summed E-state index contributed by atoms with van der Waals surface area (Å²) in [6.45, 7) is -1.04. The summed E-state index contributed by atoms with van der Waals surface area (Å²) in [6, 6.07) is 8.24. The van der Waals surface area contributed by atoms with Crippen molar-refractivity contribution in [2.75, 3.05) is 14.2 Å². The maximum atomic E-state index is 12.8. The number of amides is 1. The van der Waals surface area contributed by atoms with Crippen molar-refractivity contribution in [2.24, 2.45) is 0 Å². The molecule has 0 saturated heterocycles. The minimum Gasteiger partial charge on any atom is -0.497 e. The highest BCUT2D eigenvalue weighted by Crippen LogP contribution is 2.24. The SMILES string of the molecule is COc1cccc([C@H](C)N(C)C(=O)c2ccnn2C(F)F)c1. The Kier molecular flexibility index (Phi) is 4.75. The summed E-state index contributed by atoms with van der Waals surface area (Å²) in [4.78, 5) is 13.8. The van der Waals surface area contributed by atoms with Crippen molar-refractivity contribution in [1.82, 2.24) is 14.7 Å². The van der Waals surface area contributed by atoms with E-state index in [0.29, 0.717) is 10.4 Å². The van der Waals surface area contributed by atoms with E-state index < -0.39 is 12.5 Å². The second kappa shape index (κ2) is 6.55. The standard InChI is InChI=1S/C15H17F2N3O2/c1-10(11-5-4-6-12(9-11)22-3)19(2)14(21)13-7-8-18-20(13)15(16)17/h4-10,15H,1-3H3/t10-/m0/s1. The van der Waals surface area contributed by atoms with E-state index in [-0.39, 0.29) is 11.7 Å². The number of halogens is 2. The van der Waals surface area contributed by atoms with Crippen LogP contribution in [0.1, 0.15) is 35.6 Å². The lowest BCUT2D eigenvalue weighted by Gasteiger charge is -2.25. The molecule has 1 amide bonds. The minimum atomic E-state index is -2.85. The number of methoxy groups -OCH3 is 1. The van der Waals surface area contributed by atoms with E-state index in [1.165, 1.54) is 17.2 Å². The van der Waals surface area contributed by atoms with Crippen LogP contribution in [0, 0.1) is 0 Å². The molecule has 118 valence electrons. The van der Waals surface area contributed by atoms with Gasteiger partial charge in [-0.25, -0.2) is 0 Å². The van der Waals surface area contributed by atoms with Crippen LogP contribution in [0.25, 0.3) is 0 Å². The van der Waals surface area contributed by atoms with Crippen molar-refractivity contribution < 1.29 is 18.3 Å². The number of rotatable bonds is 5. The van der Waals surface area contributed by atoms with Gasteiger partial charge in [0.2, 0.25) is 0 Å². The van der Waals surface area contributed by atoms with Gasteiger partial charge in [0.25, 0.3) is 5.91 Å². The molecule has 2 aromatic rings. The molecule has 0 N–H and O–H groups in total. The summed E-state index contributed by atoms with van der Waals surface area (Å²) in [5.74, 6) is 0.149.